The van der Waals surface area contributed by atoms with Gasteiger partial charge in [0.05, 0.1) is 11.2 Å². The third kappa shape index (κ3) is 3.81. The Kier molecular flexibility index (Phi) is 5.08. The molecule has 32 heavy (non-hydrogen) atoms. The maximum Gasteiger partial charge on any atom is 0.342 e. The highest BCUT2D eigenvalue weighted by Crippen LogP contribution is 2.25. The smallest absolute Gasteiger partial charge is 0.342 e. The molecule has 0 atom stereocenters. The number of thiophene rings is 1. The number of H-pyrrole nitrogens is 1. The van der Waals surface area contributed by atoms with Gasteiger partial charge in [-0.3, -0.25) is 4.79 Å². The highest BCUT2D eigenvalue weighted by Gasteiger charge is 2.20. The first-order valence-corrected chi connectivity index (χ1v) is 10.5. The van der Waals surface area contributed by atoms with Gasteiger partial charge in [-0.1, -0.05) is 18.2 Å². The van der Waals surface area contributed by atoms with Crippen molar-refractivity contribution in [2.75, 3.05) is 0 Å². The molecular weight excluding hydrogens is 431 g/mol. The van der Waals surface area contributed by atoms with Gasteiger partial charge < -0.3 is 9.72 Å². The molecule has 0 radical (unpaired) electrons. The van der Waals surface area contributed by atoms with Crippen LogP contribution in [0.25, 0.3) is 27.2 Å². The molecule has 158 valence electrons. The van der Waals surface area contributed by atoms with Gasteiger partial charge in [-0.15, -0.1) is 11.3 Å². The predicted octanol–water partition coefficient (Wildman–Crippen LogP) is 4.33. The van der Waals surface area contributed by atoms with Crippen LogP contribution in [0.3, 0.4) is 0 Å². The summed E-state index contributed by atoms with van der Waals surface area (Å²) in [5.74, 6) is -0.785. The van der Waals surface area contributed by atoms with Crippen LogP contribution in [0.4, 0.5) is 4.39 Å². The molecule has 0 aliphatic carbocycles. The van der Waals surface area contributed by atoms with E-state index >= 15 is 0 Å². The molecule has 3 aromatic heterocycles. The van der Waals surface area contributed by atoms with E-state index in [1.54, 1.807) is 34.5 Å². The van der Waals surface area contributed by atoms with Crippen molar-refractivity contribution in [3.63, 3.8) is 0 Å². The minimum absolute atomic E-state index is 0.208. The van der Waals surface area contributed by atoms with Gasteiger partial charge in [0.1, 0.15) is 34.2 Å². The number of hydrogen-bond acceptors (Lipinski definition) is 6. The molecule has 2 aromatic carbocycles. The minimum Gasteiger partial charge on any atom is -0.454 e. The molecule has 3 heterocycles. The van der Waals surface area contributed by atoms with Crippen molar-refractivity contribution in [1.29, 1.82) is 0 Å². The van der Waals surface area contributed by atoms with E-state index < -0.39 is 5.97 Å². The van der Waals surface area contributed by atoms with E-state index in [0.29, 0.717) is 21.5 Å². The zero-order valence-electron chi connectivity index (χ0n) is 16.5. The second kappa shape index (κ2) is 8.20. The largest absolute Gasteiger partial charge is 0.454 e. The molecule has 5 rings (SSSR count). The van der Waals surface area contributed by atoms with Crippen LogP contribution in [0.2, 0.25) is 0 Å². The van der Waals surface area contributed by atoms with Gasteiger partial charge in [0.25, 0.3) is 5.56 Å². The molecule has 0 aliphatic rings. The van der Waals surface area contributed by atoms with Crippen LogP contribution in [-0.4, -0.2) is 25.7 Å². The summed E-state index contributed by atoms with van der Waals surface area (Å²) >= 11 is 1.29. The third-order valence-corrected chi connectivity index (χ3v) is 5.68. The number of esters is 1. The lowest BCUT2D eigenvalue weighted by atomic mass is 10.1. The van der Waals surface area contributed by atoms with Crippen molar-refractivity contribution in [3.05, 3.63) is 99.8 Å². The lowest BCUT2D eigenvalue weighted by Gasteiger charge is -2.05. The van der Waals surface area contributed by atoms with Crippen LogP contribution in [0, 0.1) is 5.82 Å². The fraction of sp³-hybridized carbons (Fsp3) is 0.0435. The Hall–Kier alpha value is -4.11. The molecule has 0 aliphatic heterocycles. The Morgan fingerprint density at radius 3 is 2.66 bits per heavy atom. The van der Waals surface area contributed by atoms with E-state index in [-0.39, 0.29) is 29.4 Å². The standard InChI is InChI=1S/C23H15FN4O3S/c24-15-8-6-14(7-9-15)20-17(12-28(27-20)16-4-2-1-3-5-16)23(30)31-13-19-25-18-10-11-32-21(18)22(29)26-19/h1-12H,13H2,(H,25,26,29). The number of ether oxygens (including phenoxy) is 1. The minimum atomic E-state index is -0.639. The number of carbonyl (C=O) groups is 1. The topological polar surface area (TPSA) is 89.9 Å². The zero-order valence-corrected chi connectivity index (χ0v) is 17.3. The third-order valence-electron chi connectivity index (χ3n) is 4.78. The molecule has 0 amide bonds. The molecular formula is C23H15FN4O3S. The first kappa shape index (κ1) is 19.8. The summed E-state index contributed by atoms with van der Waals surface area (Å²) in [5, 5.41) is 6.30. The van der Waals surface area contributed by atoms with Crippen molar-refractivity contribution < 1.29 is 13.9 Å². The van der Waals surface area contributed by atoms with Crippen LogP contribution < -0.4 is 5.56 Å². The molecule has 0 bridgehead atoms. The lowest BCUT2D eigenvalue weighted by molar-refractivity contribution is 0.0463. The average molecular weight is 446 g/mol. The van der Waals surface area contributed by atoms with Crippen molar-refractivity contribution in [2.24, 2.45) is 0 Å². The Balaban J connectivity index is 1.47. The van der Waals surface area contributed by atoms with Crippen LogP contribution in [-0.2, 0) is 11.3 Å². The SMILES string of the molecule is O=C(OCc1nc2ccsc2c(=O)[nH]1)c1cn(-c2ccccc2)nc1-c1ccc(F)cc1. The molecule has 0 unspecified atom stereocenters. The number of carbonyl (C=O) groups excluding carboxylic acids is 1. The van der Waals surface area contributed by atoms with Crippen molar-refractivity contribution >= 4 is 27.5 Å². The van der Waals surface area contributed by atoms with E-state index in [2.05, 4.69) is 15.1 Å². The highest BCUT2D eigenvalue weighted by molar-refractivity contribution is 7.17. The van der Waals surface area contributed by atoms with Gasteiger partial charge in [0, 0.05) is 11.8 Å². The fourth-order valence-electron chi connectivity index (χ4n) is 3.26. The van der Waals surface area contributed by atoms with Crippen molar-refractivity contribution in [3.8, 4) is 16.9 Å². The van der Waals surface area contributed by atoms with E-state index in [1.165, 1.54) is 23.5 Å². The monoisotopic (exact) mass is 446 g/mol. The summed E-state index contributed by atoms with van der Waals surface area (Å²) in [6, 6.07) is 16.7. The first-order chi connectivity index (χ1) is 15.6. The molecule has 1 N–H and O–H groups in total. The van der Waals surface area contributed by atoms with Crippen molar-refractivity contribution in [1.82, 2.24) is 19.7 Å². The van der Waals surface area contributed by atoms with Gasteiger partial charge in [-0.25, -0.2) is 18.9 Å². The molecule has 9 heteroatoms. The molecule has 0 saturated heterocycles. The van der Waals surface area contributed by atoms with Gasteiger partial charge in [-0.2, -0.15) is 5.10 Å². The summed E-state index contributed by atoms with van der Waals surface area (Å²) in [7, 11) is 0. The summed E-state index contributed by atoms with van der Waals surface area (Å²) in [6.07, 6.45) is 1.56. The number of halogens is 1. The van der Waals surface area contributed by atoms with Gasteiger partial charge in [0.2, 0.25) is 0 Å². The van der Waals surface area contributed by atoms with E-state index in [4.69, 9.17) is 4.74 Å². The Morgan fingerprint density at radius 1 is 1.09 bits per heavy atom. The predicted molar refractivity (Wildman–Crippen MR) is 118 cm³/mol. The Labute approximate surface area is 184 Å². The summed E-state index contributed by atoms with van der Waals surface area (Å²) in [6.45, 7) is -0.209. The van der Waals surface area contributed by atoms with E-state index in [9.17, 15) is 14.0 Å². The normalized spacial score (nSPS) is 11.0. The maximum absolute atomic E-state index is 13.4. The number of rotatable bonds is 5. The molecule has 0 saturated carbocycles. The van der Waals surface area contributed by atoms with E-state index in [1.807, 2.05) is 30.3 Å². The second-order valence-corrected chi connectivity index (χ2v) is 7.82. The summed E-state index contributed by atoms with van der Waals surface area (Å²) in [4.78, 5) is 32.0. The Morgan fingerprint density at radius 2 is 1.88 bits per heavy atom. The van der Waals surface area contributed by atoms with Crippen LogP contribution in [0.15, 0.2) is 77.0 Å². The Bertz CT molecular complexity index is 1470. The molecule has 0 spiro atoms. The average Bonchev–Trinajstić information content (AvgIpc) is 3.46. The lowest BCUT2D eigenvalue weighted by Crippen LogP contribution is -2.13. The van der Waals surface area contributed by atoms with Gasteiger partial charge in [-0.05, 0) is 47.8 Å². The number of aromatic amines is 1. The van der Waals surface area contributed by atoms with Gasteiger partial charge in [0.15, 0.2) is 0 Å². The number of nitrogens with one attached hydrogen (secondary N) is 1. The van der Waals surface area contributed by atoms with E-state index in [0.717, 1.165) is 5.69 Å². The van der Waals surface area contributed by atoms with Crippen LogP contribution in [0.1, 0.15) is 16.2 Å². The quantitative estimate of drug-likeness (QED) is 0.406. The molecule has 7 nitrogen and oxygen atoms in total. The summed E-state index contributed by atoms with van der Waals surface area (Å²) < 4.78 is 20.9. The maximum atomic E-state index is 13.4. The number of nitrogens with zero attached hydrogens (tertiary/aromatic N) is 3. The number of para-hydroxylation sites is 1. The number of fused-ring (bicyclic) bond motifs is 1. The summed E-state index contributed by atoms with van der Waals surface area (Å²) in [5.41, 5.74) is 2.16. The zero-order chi connectivity index (χ0) is 22.1. The number of aromatic nitrogens is 4. The first-order valence-electron chi connectivity index (χ1n) is 9.63. The highest BCUT2D eigenvalue weighted by atomic mass is 32.1. The van der Waals surface area contributed by atoms with Crippen molar-refractivity contribution in [2.45, 2.75) is 6.61 Å². The van der Waals surface area contributed by atoms with Crippen LogP contribution >= 0.6 is 11.3 Å². The van der Waals surface area contributed by atoms with Gasteiger partial charge >= 0.3 is 5.97 Å². The second-order valence-electron chi connectivity index (χ2n) is 6.90. The molecule has 5 aromatic rings. The van der Waals surface area contributed by atoms with Crippen LogP contribution in [0.5, 0.6) is 0 Å². The fourth-order valence-corrected chi connectivity index (χ4v) is 3.98. The number of hydrogen-bond donors (Lipinski definition) is 1. The number of benzene rings is 2. The molecule has 0 fully saturated rings.